The number of rotatable bonds is 9. The Bertz CT molecular complexity index is 1730. The molecule has 0 radical (unpaired) electrons. The fraction of sp³-hybridized carbons (Fsp3) is 0.571. The maximum atomic E-state index is 14.2. The summed E-state index contributed by atoms with van der Waals surface area (Å²) in [7, 11) is -3.87. The Labute approximate surface area is 286 Å². The molecule has 49 heavy (non-hydrogen) atoms. The van der Waals surface area contributed by atoms with Crippen LogP contribution in [0.1, 0.15) is 76.7 Å². The number of carbonyl (C=O) groups is 4. The van der Waals surface area contributed by atoms with Gasteiger partial charge in [0.15, 0.2) is 0 Å². The Balaban J connectivity index is 1.30. The molecule has 2 aromatic rings. The molecule has 3 heterocycles. The molecule has 0 spiro atoms. The summed E-state index contributed by atoms with van der Waals surface area (Å²) in [4.78, 5) is 60.5. The van der Waals surface area contributed by atoms with Crippen molar-refractivity contribution in [3.05, 3.63) is 48.7 Å². The van der Waals surface area contributed by atoms with Crippen LogP contribution in [0.5, 0.6) is 5.88 Å². The van der Waals surface area contributed by atoms with Crippen LogP contribution in [-0.2, 0) is 35.6 Å². The fourth-order valence-electron chi connectivity index (χ4n) is 6.81. The number of carbonyl (C=O) groups excluding carboxylic acids is 4. The van der Waals surface area contributed by atoms with Crippen LogP contribution in [0.2, 0.25) is 0 Å². The molecule has 4 amide bonds. The lowest BCUT2D eigenvalue weighted by atomic mass is 10.0. The number of hydrogen-bond donors (Lipinski definition) is 3. The first-order valence-corrected chi connectivity index (χ1v) is 18.9. The molecule has 5 atom stereocenters. The lowest BCUT2D eigenvalue weighted by Crippen LogP contribution is -2.58. The molecule has 264 valence electrons. The van der Waals surface area contributed by atoms with Crippen molar-refractivity contribution in [2.75, 3.05) is 13.2 Å². The summed E-state index contributed by atoms with van der Waals surface area (Å²) >= 11 is 0. The molecular weight excluding hydrogens is 650 g/mol. The maximum Gasteiger partial charge on any atom is 0.407 e. The minimum absolute atomic E-state index is 0.0220. The van der Waals surface area contributed by atoms with Crippen molar-refractivity contribution in [2.24, 2.45) is 5.92 Å². The zero-order chi connectivity index (χ0) is 34.8. The molecule has 4 aliphatic rings. The molecule has 6 rings (SSSR count). The summed E-state index contributed by atoms with van der Waals surface area (Å²) in [6.07, 6.45) is 8.02. The molecule has 3 fully saturated rings. The number of nitrogens with one attached hydrogen (secondary N) is 3. The zero-order valence-corrected chi connectivity index (χ0v) is 28.6. The number of sulfonamides is 1. The lowest BCUT2D eigenvalue weighted by Gasteiger charge is -2.29. The highest BCUT2D eigenvalue weighted by Crippen LogP contribution is 2.45. The Morgan fingerprint density at radius 3 is 2.73 bits per heavy atom. The van der Waals surface area contributed by atoms with Crippen molar-refractivity contribution < 1.29 is 37.1 Å². The van der Waals surface area contributed by atoms with Crippen molar-refractivity contribution in [1.29, 1.82) is 0 Å². The van der Waals surface area contributed by atoms with E-state index >= 15 is 0 Å². The fourth-order valence-corrected chi connectivity index (χ4v) is 8.18. The molecule has 1 aromatic carbocycles. The number of nitrogens with zero attached hydrogens (tertiary/aromatic N) is 2. The van der Waals surface area contributed by atoms with E-state index in [0.29, 0.717) is 38.0 Å². The molecule has 2 aliphatic carbocycles. The molecule has 4 bridgehead atoms. The number of aryl methyl sites for hydroxylation is 1. The molecular formula is C35H45N5O8S. The van der Waals surface area contributed by atoms with Crippen LogP contribution < -0.4 is 20.1 Å². The lowest BCUT2D eigenvalue weighted by molar-refractivity contribution is -0.141. The maximum absolute atomic E-state index is 14.2. The van der Waals surface area contributed by atoms with E-state index in [9.17, 15) is 27.6 Å². The van der Waals surface area contributed by atoms with Gasteiger partial charge in [-0.2, -0.15) is 0 Å². The van der Waals surface area contributed by atoms with Crippen molar-refractivity contribution in [2.45, 2.75) is 107 Å². The van der Waals surface area contributed by atoms with Crippen LogP contribution in [0.3, 0.4) is 0 Å². The number of fused-ring (bicyclic) bond motifs is 3. The van der Waals surface area contributed by atoms with Crippen LogP contribution in [0.15, 0.2) is 43.1 Å². The first-order valence-electron chi connectivity index (χ1n) is 17.3. The normalized spacial score (nSPS) is 27.7. The summed E-state index contributed by atoms with van der Waals surface area (Å²) in [5.41, 5.74) is -0.407. The van der Waals surface area contributed by atoms with Crippen molar-refractivity contribution in [3.8, 4) is 5.88 Å². The van der Waals surface area contributed by atoms with E-state index < -0.39 is 68.7 Å². The predicted octanol–water partition coefficient (Wildman–Crippen LogP) is 3.26. The van der Waals surface area contributed by atoms with Crippen LogP contribution in [-0.4, -0.2) is 84.2 Å². The van der Waals surface area contributed by atoms with Gasteiger partial charge in [-0.1, -0.05) is 38.0 Å². The molecule has 1 aromatic heterocycles. The number of cyclic esters (lactones) is 1. The van der Waals surface area contributed by atoms with Gasteiger partial charge in [-0.25, -0.2) is 18.2 Å². The number of aromatic nitrogens is 1. The van der Waals surface area contributed by atoms with Crippen LogP contribution >= 0.6 is 0 Å². The summed E-state index contributed by atoms with van der Waals surface area (Å²) in [6, 6.07) is 6.00. The minimum Gasteiger partial charge on any atom is -0.472 e. The second kappa shape index (κ2) is 14.3. The van der Waals surface area contributed by atoms with Gasteiger partial charge in [-0.05, 0) is 74.4 Å². The molecule has 2 saturated carbocycles. The summed E-state index contributed by atoms with van der Waals surface area (Å²) in [5, 5.41) is 6.67. The summed E-state index contributed by atoms with van der Waals surface area (Å²) < 4.78 is 39.3. The van der Waals surface area contributed by atoms with Gasteiger partial charge in [-0.15, -0.1) is 6.58 Å². The van der Waals surface area contributed by atoms with Gasteiger partial charge in [0.05, 0.1) is 18.4 Å². The monoisotopic (exact) mass is 695 g/mol. The number of amides is 4. The molecule has 1 saturated heterocycles. The third kappa shape index (κ3) is 7.68. The first kappa shape index (κ1) is 34.7. The van der Waals surface area contributed by atoms with Gasteiger partial charge in [0, 0.05) is 23.9 Å². The highest BCUT2D eigenvalue weighted by atomic mass is 32.2. The van der Waals surface area contributed by atoms with E-state index in [-0.39, 0.29) is 26.0 Å². The van der Waals surface area contributed by atoms with Gasteiger partial charge in [-0.3, -0.25) is 19.1 Å². The second-order valence-electron chi connectivity index (χ2n) is 13.6. The number of ether oxygens (including phenoxy) is 2. The van der Waals surface area contributed by atoms with Gasteiger partial charge in [0.2, 0.25) is 27.7 Å². The summed E-state index contributed by atoms with van der Waals surface area (Å²) in [6.45, 7) is 5.98. The van der Waals surface area contributed by atoms with E-state index in [2.05, 4.69) is 33.0 Å². The molecule has 1 unspecified atom stereocenters. The SMILES string of the molecule is C=CC1C[C@]1(NC(=O)[C@@H]1C[C@@H]2CN1C(=O)[C@H](CCCC)NC(=O)OCCCCCc1ccc3ccnc(c3c1)O2)C(=O)NS(=O)(=O)C1CC1. The standard InChI is InChI=1S/C35H45N5O8S/c1-3-5-10-28-32(42)40-21-25(19-29(40)30(41)38-35(20-24(35)4-2)33(43)39-49(45,46)26-13-14-26)48-31-27-18-22(11-12-23(27)15-16-36-31)9-7-6-8-17-47-34(44)37-28/h4,11-12,15-16,18,24-26,28-29H,2-3,5-10,13-14,17,19-21H2,1H3,(H,37,44)(H,38,41)(H,39,43)/t24?,25-,28+,29+,35-/m1/s1. The molecule has 13 nitrogen and oxygen atoms in total. The zero-order valence-electron chi connectivity index (χ0n) is 27.8. The number of benzene rings is 1. The average Bonchev–Trinajstić information content (AvgIpc) is 4.01. The highest BCUT2D eigenvalue weighted by Gasteiger charge is 2.62. The van der Waals surface area contributed by atoms with E-state index in [1.807, 2.05) is 25.1 Å². The number of alkyl carbamates (subject to hydrolysis) is 1. The molecule has 14 heteroatoms. The van der Waals surface area contributed by atoms with Crippen LogP contribution in [0.4, 0.5) is 4.79 Å². The molecule has 3 N–H and O–H groups in total. The largest absolute Gasteiger partial charge is 0.472 e. The minimum atomic E-state index is -3.87. The van der Waals surface area contributed by atoms with Crippen molar-refractivity contribution >= 4 is 44.6 Å². The highest BCUT2D eigenvalue weighted by molar-refractivity contribution is 7.91. The number of pyridine rings is 1. The average molecular weight is 696 g/mol. The first-order chi connectivity index (χ1) is 23.5. The molecule has 2 aliphatic heterocycles. The van der Waals surface area contributed by atoms with Crippen LogP contribution in [0, 0.1) is 5.92 Å². The predicted molar refractivity (Wildman–Crippen MR) is 181 cm³/mol. The summed E-state index contributed by atoms with van der Waals surface area (Å²) in [5.74, 6) is -2.03. The number of hydrogen-bond acceptors (Lipinski definition) is 9. The van der Waals surface area contributed by atoms with E-state index in [0.717, 1.165) is 42.0 Å². The van der Waals surface area contributed by atoms with E-state index in [4.69, 9.17) is 9.47 Å². The Morgan fingerprint density at radius 2 is 2.00 bits per heavy atom. The van der Waals surface area contributed by atoms with Gasteiger partial charge in [0.25, 0.3) is 5.91 Å². The van der Waals surface area contributed by atoms with Crippen molar-refractivity contribution in [3.63, 3.8) is 0 Å². The smallest absolute Gasteiger partial charge is 0.407 e. The van der Waals surface area contributed by atoms with Crippen molar-refractivity contribution in [1.82, 2.24) is 25.2 Å². The van der Waals surface area contributed by atoms with Crippen LogP contribution in [0.25, 0.3) is 10.8 Å². The van der Waals surface area contributed by atoms with Gasteiger partial charge < -0.3 is 25.0 Å². The third-order valence-electron chi connectivity index (χ3n) is 9.95. The quantitative estimate of drug-likeness (QED) is 0.333. The Hall–Kier alpha value is -4.20. The Morgan fingerprint density at radius 1 is 1.18 bits per heavy atom. The Kier molecular flexibility index (Phi) is 10.1. The van der Waals surface area contributed by atoms with Gasteiger partial charge >= 0.3 is 6.09 Å². The van der Waals surface area contributed by atoms with Gasteiger partial charge in [0.1, 0.15) is 23.7 Å². The number of unbranched alkanes of at least 4 members (excludes halogenated alkanes) is 1. The topological polar surface area (TPSA) is 173 Å². The van der Waals surface area contributed by atoms with E-state index in [1.165, 1.54) is 11.0 Å². The van der Waals surface area contributed by atoms with E-state index in [1.54, 1.807) is 6.20 Å². The second-order valence-corrected chi connectivity index (χ2v) is 15.6. The third-order valence-corrected chi connectivity index (χ3v) is 11.8.